The van der Waals surface area contributed by atoms with Crippen molar-refractivity contribution < 1.29 is 4.39 Å². The number of halogens is 2. The molecule has 5 heteroatoms. The van der Waals surface area contributed by atoms with E-state index in [0.29, 0.717) is 22.1 Å². The van der Waals surface area contributed by atoms with E-state index in [-0.39, 0.29) is 5.82 Å². The average molecular weight is 288 g/mol. The molecular formula is C15H11ClFN3. The van der Waals surface area contributed by atoms with Crippen LogP contribution in [0.3, 0.4) is 0 Å². The van der Waals surface area contributed by atoms with Crippen LogP contribution in [0, 0.1) is 5.82 Å². The number of nitrogens with zero attached hydrogens (tertiary/aromatic N) is 2. The lowest BCUT2D eigenvalue weighted by molar-refractivity contribution is 0.628. The first-order valence-corrected chi connectivity index (χ1v) is 6.39. The van der Waals surface area contributed by atoms with E-state index in [1.807, 2.05) is 12.1 Å². The highest BCUT2D eigenvalue weighted by Crippen LogP contribution is 2.24. The number of rotatable bonds is 2. The highest BCUT2D eigenvalue weighted by atomic mass is 35.5. The third kappa shape index (κ3) is 2.38. The molecule has 0 aliphatic rings. The van der Waals surface area contributed by atoms with Gasteiger partial charge in [0.25, 0.3) is 0 Å². The van der Waals surface area contributed by atoms with Crippen molar-refractivity contribution in [3.8, 4) is 16.9 Å². The molecule has 2 aromatic carbocycles. The first-order valence-electron chi connectivity index (χ1n) is 6.01. The average Bonchev–Trinajstić information content (AvgIpc) is 2.81. The minimum absolute atomic E-state index is 0.307. The Bertz CT molecular complexity index is 767. The Kier molecular flexibility index (Phi) is 3.16. The van der Waals surface area contributed by atoms with E-state index in [0.717, 1.165) is 5.69 Å². The Hall–Kier alpha value is -2.33. The molecule has 100 valence electrons. The van der Waals surface area contributed by atoms with Gasteiger partial charge >= 0.3 is 0 Å². The van der Waals surface area contributed by atoms with E-state index >= 15 is 0 Å². The summed E-state index contributed by atoms with van der Waals surface area (Å²) in [4.78, 5) is 0. The molecule has 0 bridgehead atoms. The maximum absolute atomic E-state index is 13.3. The molecule has 0 atom stereocenters. The molecule has 3 aromatic rings. The fraction of sp³-hybridized carbons (Fsp3) is 0. The lowest BCUT2D eigenvalue weighted by Crippen LogP contribution is -2.01. The summed E-state index contributed by atoms with van der Waals surface area (Å²) in [5, 5.41) is 5.00. The van der Waals surface area contributed by atoms with Gasteiger partial charge < -0.3 is 5.73 Å². The van der Waals surface area contributed by atoms with Crippen LogP contribution in [0.2, 0.25) is 5.02 Å². The maximum atomic E-state index is 13.3. The van der Waals surface area contributed by atoms with Gasteiger partial charge in [0, 0.05) is 16.7 Å². The Labute approximate surface area is 120 Å². The molecule has 3 nitrogen and oxygen atoms in total. The summed E-state index contributed by atoms with van der Waals surface area (Å²) in [6.45, 7) is 0. The molecule has 0 amide bonds. The zero-order valence-corrected chi connectivity index (χ0v) is 11.2. The van der Waals surface area contributed by atoms with Gasteiger partial charge in [0.1, 0.15) is 11.6 Å². The maximum Gasteiger partial charge on any atom is 0.127 e. The van der Waals surface area contributed by atoms with Gasteiger partial charge in [-0.05, 0) is 30.3 Å². The normalized spacial score (nSPS) is 10.7. The number of nitrogens with two attached hydrogens (primary N) is 1. The quantitative estimate of drug-likeness (QED) is 0.776. The largest absolute Gasteiger partial charge is 0.384 e. The van der Waals surface area contributed by atoms with E-state index in [1.165, 1.54) is 12.1 Å². The molecule has 0 saturated heterocycles. The van der Waals surface area contributed by atoms with Crippen LogP contribution >= 0.6 is 11.6 Å². The van der Waals surface area contributed by atoms with Gasteiger partial charge in [0.15, 0.2) is 0 Å². The molecule has 20 heavy (non-hydrogen) atoms. The fourth-order valence-corrected chi connectivity index (χ4v) is 2.18. The van der Waals surface area contributed by atoms with Crippen molar-refractivity contribution >= 4 is 17.4 Å². The van der Waals surface area contributed by atoms with Crippen LogP contribution in [0.1, 0.15) is 0 Å². The molecule has 1 aromatic heterocycles. The third-order valence-corrected chi connectivity index (χ3v) is 3.15. The summed E-state index contributed by atoms with van der Waals surface area (Å²) in [5.41, 5.74) is 8.02. The van der Waals surface area contributed by atoms with Crippen molar-refractivity contribution in [1.29, 1.82) is 0 Å². The van der Waals surface area contributed by atoms with Crippen LogP contribution in [-0.4, -0.2) is 9.78 Å². The lowest BCUT2D eigenvalue weighted by Gasteiger charge is -2.03. The third-order valence-electron chi connectivity index (χ3n) is 2.91. The van der Waals surface area contributed by atoms with Gasteiger partial charge in [-0.2, -0.15) is 5.10 Å². The van der Waals surface area contributed by atoms with E-state index in [2.05, 4.69) is 5.10 Å². The summed E-state index contributed by atoms with van der Waals surface area (Å²) >= 11 is 5.96. The van der Waals surface area contributed by atoms with Gasteiger partial charge in [0.2, 0.25) is 0 Å². The van der Waals surface area contributed by atoms with Gasteiger partial charge in [-0.25, -0.2) is 9.07 Å². The van der Waals surface area contributed by atoms with E-state index in [9.17, 15) is 4.39 Å². The predicted molar refractivity (Wildman–Crippen MR) is 78.4 cm³/mol. The smallest absolute Gasteiger partial charge is 0.127 e. The Balaban J connectivity index is 2.08. The molecule has 1 heterocycles. The molecule has 3 rings (SSSR count). The second-order valence-corrected chi connectivity index (χ2v) is 4.79. The van der Waals surface area contributed by atoms with Crippen LogP contribution in [0.4, 0.5) is 10.2 Å². The number of anilines is 1. The summed E-state index contributed by atoms with van der Waals surface area (Å²) in [6, 6.07) is 15.1. The van der Waals surface area contributed by atoms with E-state index in [1.54, 1.807) is 35.0 Å². The Morgan fingerprint density at radius 2 is 1.85 bits per heavy atom. The number of hydrogen-bond donors (Lipinski definition) is 1. The fourth-order valence-electron chi connectivity index (χ4n) is 2.00. The predicted octanol–water partition coefficient (Wildman–Crippen LogP) is 3.91. The zero-order valence-electron chi connectivity index (χ0n) is 10.4. The number of aromatic nitrogens is 2. The van der Waals surface area contributed by atoms with Gasteiger partial charge in [-0.15, -0.1) is 0 Å². The van der Waals surface area contributed by atoms with Crippen LogP contribution in [-0.2, 0) is 0 Å². The van der Waals surface area contributed by atoms with Crippen LogP contribution < -0.4 is 5.73 Å². The van der Waals surface area contributed by atoms with Crippen molar-refractivity contribution in [2.75, 3.05) is 5.73 Å². The van der Waals surface area contributed by atoms with E-state index < -0.39 is 0 Å². The second-order valence-electron chi connectivity index (χ2n) is 4.36. The van der Waals surface area contributed by atoms with E-state index in [4.69, 9.17) is 17.3 Å². The minimum Gasteiger partial charge on any atom is -0.384 e. The summed E-state index contributed by atoms with van der Waals surface area (Å²) < 4.78 is 14.8. The van der Waals surface area contributed by atoms with Crippen molar-refractivity contribution in [2.45, 2.75) is 0 Å². The van der Waals surface area contributed by atoms with Crippen molar-refractivity contribution in [3.05, 3.63) is 65.4 Å². The molecular weight excluding hydrogens is 277 g/mol. The molecule has 2 N–H and O–H groups in total. The molecule has 0 fully saturated rings. The topological polar surface area (TPSA) is 43.8 Å². The van der Waals surface area contributed by atoms with Crippen molar-refractivity contribution in [1.82, 2.24) is 9.78 Å². The molecule has 0 aliphatic heterocycles. The first-order chi connectivity index (χ1) is 9.63. The molecule has 0 spiro atoms. The summed E-state index contributed by atoms with van der Waals surface area (Å²) in [6.07, 6.45) is 0. The highest BCUT2D eigenvalue weighted by Gasteiger charge is 2.09. The summed E-state index contributed by atoms with van der Waals surface area (Å²) in [7, 11) is 0. The lowest BCUT2D eigenvalue weighted by atomic mass is 10.1. The molecule has 0 radical (unpaired) electrons. The zero-order chi connectivity index (χ0) is 14.1. The number of nitrogen functional groups attached to an aromatic ring is 1. The van der Waals surface area contributed by atoms with Crippen molar-refractivity contribution in [3.63, 3.8) is 0 Å². The standard InChI is InChI=1S/C15H11ClFN3/c16-11-4-2-6-13(8-11)20-15(18)9-14(19-20)10-3-1-5-12(17)7-10/h1-9H,18H2. The summed E-state index contributed by atoms with van der Waals surface area (Å²) in [5.74, 6) is 0.157. The second kappa shape index (κ2) is 4.98. The van der Waals surface area contributed by atoms with Crippen molar-refractivity contribution in [2.24, 2.45) is 0 Å². The van der Waals surface area contributed by atoms with Crippen LogP contribution in [0.15, 0.2) is 54.6 Å². The Morgan fingerprint density at radius 3 is 2.60 bits per heavy atom. The van der Waals surface area contributed by atoms with Gasteiger partial charge in [-0.1, -0.05) is 29.8 Å². The first kappa shape index (κ1) is 12.7. The highest BCUT2D eigenvalue weighted by molar-refractivity contribution is 6.30. The minimum atomic E-state index is -0.307. The number of benzene rings is 2. The molecule has 0 aliphatic carbocycles. The SMILES string of the molecule is Nc1cc(-c2cccc(F)c2)nn1-c1cccc(Cl)c1. The van der Waals surface area contributed by atoms with Gasteiger partial charge in [0.05, 0.1) is 11.4 Å². The molecule has 0 saturated carbocycles. The number of hydrogen-bond acceptors (Lipinski definition) is 2. The monoisotopic (exact) mass is 287 g/mol. The Morgan fingerprint density at radius 1 is 1.05 bits per heavy atom. The molecule has 0 unspecified atom stereocenters. The van der Waals surface area contributed by atoms with Crippen LogP contribution in [0.5, 0.6) is 0 Å². The van der Waals surface area contributed by atoms with Crippen LogP contribution in [0.25, 0.3) is 16.9 Å². The van der Waals surface area contributed by atoms with Gasteiger partial charge in [-0.3, -0.25) is 0 Å².